The van der Waals surface area contributed by atoms with Gasteiger partial charge in [-0.1, -0.05) is 31.2 Å². The number of nitrogens with one attached hydrogen (secondary N) is 2. The lowest BCUT2D eigenvalue weighted by Gasteiger charge is -2.10. The van der Waals surface area contributed by atoms with Crippen molar-refractivity contribution in [3.63, 3.8) is 0 Å². The second-order valence-corrected chi connectivity index (χ2v) is 5.65. The van der Waals surface area contributed by atoms with Crippen LogP contribution in [0.4, 0.5) is 5.69 Å². The van der Waals surface area contributed by atoms with Crippen molar-refractivity contribution in [3.8, 4) is 0 Å². The van der Waals surface area contributed by atoms with Crippen LogP contribution in [0.2, 0.25) is 0 Å². The van der Waals surface area contributed by atoms with Gasteiger partial charge < -0.3 is 15.4 Å². The maximum Gasteiger partial charge on any atom is 0.255 e. The number of ether oxygens (including phenoxy) is 1. The molecule has 2 N–H and O–H groups in total. The van der Waals surface area contributed by atoms with E-state index in [1.807, 2.05) is 31.2 Å². The van der Waals surface area contributed by atoms with E-state index >= 15 is 0 Å². The number of anilines is 1. The molecular weight excluding hydrogens is 316 g/mol. The Hall–Kier alpha value is -2.66. The largest absolute Gasteiger partial charge is 0.385 e. The summed E-state index contributed by atoms with van der Waals surface area (Å²) in [6.07, 6.45) is 1.58. The minimum absolute atomic E-state index is 0.195. The summed E-state index contributed by atoms with van der Waals surface area (Å²) in [5, 5.41) is 5.73. The van der Waals surface area contributed by atoms with E-state index in [9.17, 15) is 9.59 Å². The van der Waals surface area contributed by atoms with Gasteiger partial charge in [0, 0.05) is 37.1 Å². The van der Waals surface area contributed by atoms with Gasteiger partial charge >= 0.3 is 0 Å². The molecule has 0 aliphatic rings. The predicted molar refractivity (Wildman–Crippen MR) is 99.0 cm³/mol. The molecule has 0 bridgehead atoms. The van der Waals surface area contributed by atoms with Gasteiger partial charge in [-0.2, -0.15) is 0 Å². The van der Waals surface area contributed by atoms with E-state index in [-0.39, 0.29) is 11.8 Å². The van der Waals surface area contributed by atoms with Crippen LogP contribution in [0, 0.1) is 0 Å². The molecule has 25 heavy (non-hydrogen) atoms. The zero-order chi connectivity index (χ0) is 18.1. The summed E-state index contributed by atoms with van der Waals surface area (Å²) < 4.78 is 4.95. The quantitative estimate of drug-likeness (QED) is 0.725. The predicted octanol–water partition coefficient (Wildman–Crippen LogP) is 3.27. The van der Waals surface area contributed by atoms with E-state index in [0.717, 1.165) is 24.1 Å². The molecular formula is C20H24N2O3. The maximum atomic E-state index is 12.5. The smallest absolute Gasteiger partial charge is 0.255 e. The maximum absolute atomic E-state index is 12.5. The molecule has 5 heteroatoms. The zero-order valence-electron chi connectivity index (χ0n) is 14.7. The van der Waals surface area contributed by atoms with Crippen LogP contribution in [-0.4, -0.2) is 32.1 Å². The van der Waals surface area contributed by atoms with Gasteiger partial charge in [0.15, 0.2) is 0 Å². The van der Waals surface area contributed by atoms with Crippen molar-refractivity contribution in [1.82, 2.24) is 5.32 Å². The van der Waals surface area contributed by atoms with Crippen molar-refractivity contribution in [2.75, 3.05) is 25.6 Å². The lowest BCUT2D eigenvalue weighted by atomic mass is 10.1. The third-order valence-electron chi connectivity index (χ3n) is 3.84. The first-order chi connectivity index (χ1) is 12.2. The normalized spacial score (nSPS) is 10.3. The van der Waals surface area contributed by atoms with Crippen molar-refractivity contribution in [3.05, 3.63) is 65.2 Å². The highest BCUT2D eigenvalue weighted by Crippen LogP contribution is 2.17. The Morgan fingerprint density at radius 2 is 1.72 bits per heavy atom. The van der Waals surface area contributed by atoms with Crippen LogP contribution in [0.5, 0.6) is 0 Å². The van der Waals surface area contributed by atoms with Crippen LogP contribution in [0.25, 0.3) is 0 Å². The molecule has 0 heterocycles. The summed E-state index contributed by atoms with van der Waals surface area (Å²) in [7, 11) is 1.63. The number of hydrogen-bond acceptors (Lipinski definition) is 3. The fourth-order valence-corrected chi connectivity index (χ4v) is 2.47. The van der Waals surface area contributed by atoms with Gasteiger partial charge in [-0.05, 0) is 42.7 Å². The van der Waals surface area contributed by atoms with Crippen molar-refractivity contribution >= 4 is 17.5 Å². The number of carbonyl (C=O) groups excluding carboxylic acids is 2. The molecule has 0 aliphatic carbocycles. The third kappa shape index (κ3) is 5.43. The van der Waals surface area contributed by atoms with Crippen LogP contribution in [0.15, 0.2) is 48.5 Å². The number of aryl methyl sites for hydroxylation is 1. The van der Waals surface area contributed by atoms with Gasteiger partial charge in [0.1, 0.15) is 0 Å². The molecule has 2 amide bonds. The Morgan fingerprint density at radius 3 is 2.44 bits per heavy atom. The molecule has 0 aromatic heterocycles. The Labute approximate surface area is 148 Å². The van der Waals surface area contributed by atoms with Crippen molar-refractivity contribution in [1.29, 1.82) is 0 Å². The average Bonchev–Trinajstić information content (AvgIpc) is 2.65. The first-order valence-electron chi connectivity index (χ1n) is 8.42. The minimum Gasteiger partial charge on any atom is -0.385 e. The molecule has 0 atom stereocenters. The first kappa shape index (κ1) is 18.7. The number of amides is 2. The molecule has 0 aliphatic heterocycles. The Morgan fingerprint density at radius 1 is 1.00 bits per heavy atom. The Balaban J connectivity index is 2.04. The molecule has 0 spiro atoms. The number of methoxy groups -OCH3 is 1. The summed E-state index contributed by atoms with van der Waals surface area (Å²) in [6, 6.07) is 14.4. The van der Waals surface area contributed by atoms with Crippen LogP contribution in [0.3, 0.4) is 0 Å². The van der Waals surface area contributed by atoms with Gasteiger partial charge in [0.25, 0.3) is 11.8 Å². The highest BCUT2D eigenvalue weighted by atomic mass is 16.5. The first-order valence-corrected chi connectivity index (χ1v) is 8.42. The van der Waals surface area contributed by atoms with Crippen molar-refractivity contribution in [2.24, 2.45) is 0 Å². The minimum atomic E-state index is -0.227. The van der Waals surface area contributed by atoms with E-state index in [2.05, 4.69) is 10.6 Å². The van der Waals surface area contributed by atoms with Gasteiger partial charge in [-0.25, -0.2) is 0 Å². The number of carbonyl (C=O) groups is 2. The fourth-order valence-electron chi connectivity index (χ4n) is 2.47. The second kappa shape index (κ2) is 9.59. The summed E-state index contributed by atoms with van der Waals surface area (Å²) in [4.78, 5) is 24.7. The standard InChI is InChI=1S/C20H24N2O3/c1-3-15-8-4-5-11-18(15)22-20(24)17-10-6-9-16(14-17)19(23)21-12-7-13-25-2/h4-6,8-11,14H,3,7,12-13H2,1-2H3,(H,21,23)(H,22,24). The van der Waals surface area contributed by atoms with E-state index in [1.165, 1.54) is 0 Å². The fraction of sp³-hybridized carbons (Fsp3) is 0.300. The molecule has 0 unspecified atom stereocenters. The molecule has 2 rings (SSSR count). The zero-order valence-corrected chi connectivity index (χ0v) is 14.7. The van der Waals surface area contributed by atoms with Gasteiger partial charge in [-0.3, -0.25) is 9.59 Å². The monoisotopic (exact) mass is 340 g/mol. The number of rotatable bonds is 8. The van der Waals surface area contributed by atoms with E-state index in [0.29, 0.717) is 24.3 Å². The van der Waals surface area contributed by atoms with Gasteiger partial charge in [0.05, 0.1) is 0 Å². The molecule has 0 fully saturated rings. The topological polar surface area (TPSA) is 67.4 Å². The lowest BCUT2D eigenvalue weighted by molar-refractivity contribution is 0.0948. The number of benzene rings is 2. The molecule has 0 saturated heterocycles. The molecule has 2 aromatic carbocycles. The molecule has 2 aromatic rings. The number of hydrogen-bond donors (Lipinski definition) is 2. The summed E-state index contributed by atoms with van der Waals surface area (Å²) >= 11 is 0. The number of para-hydroxylation sites is 1. The highest BCUT2D eigenvalue weighted by Gasteiger charge is 2.11. The Kier molecular flexibility index (Phi) is 7.16. The molecule has 0 radical (unpaired) electrons. The van der Waals surface area contributed by atoms with E-state index in [1.54, 1.807) is 31.4 Å². The van der Waals surface area contributed by atoms with Gasteiger partial charge in [0.2, 0.25) is 0 Å². The van der Waals surface area contributed by atoms with Crippen LogP contribution >= 0.6 is 0 Å². The molecule has 0 saturated carbocycles. The highest BCUT2D eigenvalue weighted by molar-refractivity contribution is 6.06. The molecule has 5 nitrogen and oxygen atoms in total. The summed E-state index contributed by atoms with van der Waals surface area (Å²) in [5.41, 5.74) is 2.79. The van der Waals surface area contributed by atoms with E-state index in [4.69, 9.17) is 4.74 Å². The van der Waals surface area contributed by atoms with E-state index < -0.39 is 0 Å². The van der Waals surface area contributed by atoms with Crippen LogP contribution < -0.4 is 10.6 Å². The van der Waals surface area contributed by atoms with Crippen molar-refractivity contribution < 1.29 is 14.3 Å². The lowest BCUT2D eigenvalue weighted by Crippen LogP contribution is -2.25. The van der Waals surface area contributed by atoms with Crippen molar-refractivity contribution in [2.45, 2.75) is 19.8 Å². The summed E-state index contributed by atoms with van der Waals surface area (Å²) in [6.45, 7) is 3.17. The SMILES string of the molecule is CCc1ccccc1NC(=O)c1cccc(C(=O)NCCCOC)c1. The Bertz CT molecular complexity index is 728. The summed E-state index contributed by atoms with van der Waals surface area (Å²) in [5.74, 6) is -0.422. The second-order valence-electron chi connectivity index (χ2n) is 5.65. The molecule has 132 valence electrons. The average molecular weight is 340 g/mol. The van der Waals surface area contributed by atoms with Gasteiger partial charge in [-0.15, -0.1) is 0 Å². The van der Waals surface area contributed by atoms with Crippen LogP contribution in [-0.2, 0) is 11.2 Å². The third-order valence-corrected chi connectivity index (χ3v) is 3.84. The van der Waals surface area contributed by atoms with Crippen LogP contribution in [0.1, 0.15) is 39.6 Å².